The van der Waals surface area contributed by atoms with Crippen molar-refractivity contribution >= 4 is 23.3 Å². The number of anilines is 1. The number of carbonyl (C=O) groups is 1. The monoisotopic (exact) mass is 282 g/mol. The average Bonchev–Trinajstić information content (AvgIpc) is 2.44. The maximum absolute atomic E-state index is 11.8. The van der Waals surface area contributed by atoms with Crippen molar-refractivity contribution in [3.63, 3.8) is 0 Å². The number of nitrogens with one attached hydrogen (secondary N) is 1. The van der Waals surface area contributed by atoms with E-state index in [1.165, 1.54) is 0 Å². The number of halogens is 1. The third-order valence-electron chi connectivity index (χ3n) is 3.78. The van der Waals surface area contributed by atoms with E-state index in [0.717, 1.165) is 36.3 Å². The van der Waals surface area contributed by atoms with Crippen LogP contribution in [0.15, 0.2) is 0 Å². The molecule has 0 radical (unpaired) electrons. The minimum absolute atomic E-state index is 0.0240. The first kappa shape index (κ1) is 14.1. The normalized spacial score (nSPS) is 19.4. The molecule has 1 fully saturated rings. The number of amides is 1. The molecule has 1 N–H and O–H groups in total. The lowest BCUT2D eigenvalue weighted by Crippen LogP contribution is -2.42. The second-order valence-corrected chi connectivity index (χ2v) is 5.32. The standard InChI is InChI=1S/C13H19ClN4O/c1-8-9(2)12(17-16-11(8)14)18-6-4-5-10(7-18)13(19)15-3/h10H,4-7H2,1-3H3,(H,15,19). The first-order valence-corrected chi connectivity index (χ1v) is 6.88. The quantitative estimate of drug-likeness (QED) is 0.897. The summed E-state index contributed by atoms with van der Waals surface area (Å²) in [4.78, 5) is 13.9. The fraction of sp³-hybridized carbons (Fsp3) is 0.615. The van der Waals surface area contributed by atoms with Gasteiger partial charge in [0.1, 0.15) is 0 Å². The highest BCUT2D eigenvalue weighted by Crippen LogP contribution is 2.27. The highest BCUT2D eigenvalue weighted by atomic mass is 35.5. The van der Waals surface area contributed by atoms with E-state index in [9.17, 15) is 4.79 Å². The van der Waals surface area contributed by atoms with Crippen molar-refractivity contribution in [2.24, 2.45) is 5.92 Å². The molecule has 2 heterocycles. The molecule has 6 heteroatoms. The van der Waals surface area contributed by atoms with Gasteiger partial charge in [0.25, 0.3) is 0 Å². The van der Waals surface area contributed by atoms with Gasteiger partial charge in [0.05, 0.1) is 5.92 Å². The molecular weight excluding hydrogens is 264 g/mol. The number of carbonyl (C=O) groups excluding carboxylic acids is 1. The van der Waals surface area contributed by atoms with Gasteiger partial charge in [-0.3, -0.25) is 4.79 Å². The molecule has 1 aliphatic heterocycles. The molecule has 5 nitrogen and oxygen atoms in total. The van der Waals surface area contributed by atoms with Gasteiger partial charge in [-0.05, 0) is 37.8 Å². The van der Waals surface area contributed by atoms with E-state index in [-0.39, 0.29) is 11.8 Å². The highest BCUT2D eigenvalue weighted by Gasteiger charge is 2.27. The zero-order valence-corrected chi connectivity index (χ0v) is 12.3. The van der Waals surface area contributed by atoms with Crippen LogP contribution in [0.1, 0.15) is 24.0 Å². The van der Waals surface area contributed by atoms with E-state index in [1.54, 1.807) is 7.05 Å². The van der Waals surface area contributed by atoms with E-state index < -0.39 is 0 Å². The molecule has 1 atom stereocenters. The van der Waals surface area contributed by atoms with Crippen LogP contribution in [0, 0.1) is 19.8 Å². The molecule has 1 aliphatic rings. The number of nitrogens with zero attached hydrogens (tertiary/aromatic N) is 3. The third kappa shape index (κ3) is 2.81. The minimum atomic E-state index is 0.0240. The SMILES string of the molecule is CNC(=O)C1CCCN(c2nnc(Cl)c(C)c2C)C1. The Bertz CT molecular complexity index is 492. The first-order chi connectivity index (χ1) is 9.04. The first-order valence-electron chi connectivity index (χ1n) is 6.50. The fourth-order valence-corrected chi connectivity index (χ4v) is 2.63. The van der Waals surface area contributed by atoms with Crippen LogP contribution < -0.4 is 10.2 Å². The maximum atomic E-state index is 11.8. The van der Waals surface area contributed by atoms with E-state index in [0.29, 0.717) is 11.7 Å². The van der Waals surface area contributed by atoms with Crippen molar-refractivity contribution in [1.29, 1.82) is 0 Å². The number of hydrogen-bond acceptors (Lipinski definition) is 4. The summed E-state index contributed by atoms with van der Waals surface area (Å²) in [5.41, 5.74) is 1.99. The predicted molar refractivity (Wildman–Crippen MR) is 75.5 cm³/mol. The average molecular weight is 283 g/mol. The van der Waals surface area contributed by atoms with Crippen LogP contribution >= 0.6 is 11.6 Å². The van der Waals surface area contributed by atoms with Gasteiger partial charge in [-0.2, -0.15) is 0 Å². The lowest BCUT2D eigenvalue weighted by molar-refractivity contribution is -0.124. The summed E-state index contributed by atoms with van der Waals surface area (Å²) in [6.45, 7) is 5.53. The summed E-state index contributed by atoms with van der Waals surface area (Å²) >= 11 is 5.97. The van der Waals surface area contributed by atoms with E-state index in [1.807, 2.05) is 13.8 Å². The molecule has 1 saturated heterocycles. The van der Waals surface area contributed by atoms with E-state index >= 15 is 0 Å². The van der Waals surface area contributed by atoms with Crippen LogP contribution in [-0.2, 0) is 4.79 Å². The van der Waals surface area contributed by atoms with Gasteiger partial charge in [-0.1, -0.05) is 11.6 Å². The Labute approximate surface area is 118 Å². The summed E-state index contributed by atoms with van der Waals surface area (Å²) in [6, 6.07) is 0. The van der Waals surface area contributed by atoms with Crippen molar-refractivity contribution in [2.45, 2.75) is 26.7 Å². The van der Waals surface area contributed by atoms with Crippen LogP contribution in [0.4, 0.5) is 5.82 Å². The molecule has 1 aromatic heterocycles. The van der Waals surface area contributed by atoms with E-state index in [4.69, 9.17) is 11.6 Å². The zero-order chi connectivity index (χ0) is 14.0. The molecule has 2 rings (SSSR count). The summed E-state index contributed by atoms with van der Waals surface area (Å²) < 4.78 is 0. The molecule has 0 spiro atoms. The summed E-state index contributed by atoms with van der Waals surface area (Å²) in [7, 11) is 1.68. The highest BCUT2D eigenvalue weighted by molar-refractivity contribution is 6.30. The number of rotatable bonds is 2. The molecule has 1 unspecified atom stereocenters. The molecule has 104 valence electrons. The van der Waals surface area contributed by atoms with Gasteiger partial charge in [-0.15, -0.1) is 10.2 Å². The van der Waals surface area contributed by atoms with Crippen LogP contribution in [0.3, 0.4) is 0 Å². The van der Waals surface area contributed by atoms with Crippen molar-refractivity contribution < 1.29 is 4.79 Å². The Morgan fingerprint density at radius 3 is 2.79 bits per heavy atom. The van der Waals surface area contributed by atoms with Crippen molar-refractivity contribution in [2.75, 3.05) is 25.0 Å². The minimum Gasteiger partial charge on any atom is -0.359 e. The number of hydrogen-bond donors (Lipinski definition) is 1. The molecule has 0 aromatic carbocycles. The molecular formula is C13H19ClN4O. The summed E-state index contributed by atoms with van der Waals surface area (Å²) in [5.74, 6) is 0.965. The Morgan fingerprint density at radius 1 is 1.37 bits per heavy atom. The van der Waals surface area contributed by atoms with E-state index in [2.05, 4.69) is 20.4 Å². The van der Waals surface area contributed by atoms with Crippen LogP contribution in [0.5, 0.6) is 0 Å². The Hall–Kier alpha value is -1.36. The Morgan fingerprint density at radius 2 is 2.11 bits per heavy atom. The molecule has 1 amide bonds. The number of aromatic nitrogens is 2. The van der Waals surface area contributed by atoms with Crippen LogP contribution in [-0.4, -0.2) is 36.2 Å². The second-order valence-electron chi connectivity index (χ2n) is 4.96. The van der Waals surface area contributed by atoms with Crippen LogP contribution in [0.2, 0.25) is 5.15 Å². The molecule has 0 bridgehead atoms. The maximum Gasteiger partial charge on any atom is 0.224 e. The van der Waals surface area contributed by atoms with Crippen molar-refractivity contribution in [3.05, 3.63) is 16.3 Å². The van der Waals surface area contributed by atoms with Gasteiger partial charge in [-0.25, -0.2) is 0 Å². The zero-order valence-electron chi connectivity index (χ0n) is 11.5. The van der Waals surface area contributed by atoms with Crippen LogP contribution in [0.25, 0.3) is 0 Å². The fourth-order valence-electron chi connectivity index (χ4n) is 2.45. The Kier molecular flexibility index (Phi) is 4.24. The number of piperidine rings is 1. The van der Waals surface area contributed by atoms with Crippen molar-refractivity contribution in [3.8, 4) is 0 Å². The lowest BCUT2D eigenvalue weighted by atomic mass is 9.97. The molecule has 19 heavy (non-hydrogen) atoms. The smallest absolute Gasteiger partial charge is 0.224 e. The van der Waals surface area contributed by atoms with Crippen molar-refractivity contribution in [1.82, 2.24) is 15.5 Å². The predicted octanol–water partition coefficient (Wildman–Crippen LogP) is 1.71. The molecule has 0 aliphatic carbocycles. The Balaban J connectivity index is 2.22. The second kappa shape index (κ2) is 5.74. The molecule has 0 saturated carbocycles. The summed E-state index contributed by atoms with van der Waals surface area (Å²) in [6.07, 6.45) is 1.91. The largest absolute Gasteiger partial charge is 0.359 e. The molecule has 1 aromatic rings. The van der Waals surface area contributed by atoms with Gasteiger partial charge >= 0.3 is 0 Å². The van der Waals surface area contributed by atoms with Gasteiger partial charge < -0.3 is 10.2 Å². The third-order valence-corrected chi connectivity index (χ3v) is 4.14. The van der Waals surface area contributed by atoms with Gasteiger partial charge in [0, 0.05) is 20.1 Å². The van der Waals surface area contributed by atoms with Gasteiger partial charge in [0.2, 0.25) is 5.91 Å². The summed E-state index contributed by atoms with van der Waals surface area (Å²) in [5, 5.41) is 11.3. The lowest BCUT2D eigenvalue weighted by Gasteiger charge is -2.33. The van der Waals surface area contributed by atoms with Gasteiger partial charge in [0.15, 0.2) is 11.0 Å². The topological polar surface area (TPSA) is 58.1 Å².